The number of anilines is 1. The summed E-state index contributed by atoms with van der Waals surface area (Å²) < 4.78 is 5.08. The van der Waals surface area contributed by atoms with Gasteiger partial charge in [-0.3, -0.25) is 4.79 Å². The highest BCUT2D eigenvalue weighted by Crippen LogP contribution is 2.31. The van der Waals surface area contributed by atoms with Gasteiger partial charge in [-0.2, -0.15) is 0 Å². The molecule has 0 heterocycles. The summed E-state index contributed by atoms with van der Waals surface area (Å²) in [6, 6.07) is 4.89. The molecule has 5 nitrogen and oxygen atoms in total. The molecule has 1 aliphatic carbocycles. The fourth-order valence-electron chi connectivity index (χ4n) is 2.09. The molecule has 0 aliphatic heterocycles. The predicted molar refractivity (Wildman–Crippen MR) is 68.5 cm³/mol. The molecule has 1 aliphatic rings. The number of carbonyl (C=O) groups excluding carboxylic acids is 1. The fraction of sp³-hybridized carbons (Fsp3) is 0.462. The summed E-state index contributed by atoms with van der Waals surface area (Å²) in [4.78, 5) is 12.1. The zero-order chi connectivity index (χ0) is 13.2. The first kappa shape index (κ1) is 12.7. The van der Waals surface area contributed by atoms with Gasteiger partial charge in [-0.05, 0) is 37.5 Å². The van der Waals surface area contributed by atoms with Gasteiger partial charge in [0.2, 0.25) is 0 Å². The first-order valence-electron chi connectivity index (χ1n) is 5.97. The van der Waals surface area contributed by atoms with Crippen molar-refractivity contribution < 1.29 is 14.6 Å². The van der Waals surface area contributed by atoms with Gasteiger partial charge >= 0.3 is 0 Å². The van der Waals surface area contributed by atoms with Crippen LogP contribution in [-0.4, -0.2) is 30.3 Å². The van der Waals surface area contributed by atoms with E-state index in [0.717, 1.165) is 19.3 Å². The molecule has 4 N–H and O–H groups in total. The first-order chi connectivity index (χ1) is 8.60. The Morgan fingerprint density at radius 2 is 2.28 bits per heavy atom. The van der Waals surface area contributed by atoms with E-state index in [1.165, 1.54) is 7.11 Å². The maximum Gasteiger partial charge on any atom is 0.251 e. The Bertz CT molecular complexity index is 450. The van der Waals surface area contributed by atoms with Gasteiger partial charge in [0.15, 0.2) is 0 Å². The molecule has 0 saturated heterocycles. The summed E-state index contributed by atoms with van der Waals surface area (Å²) in [5.41, 5.74) is 6.24. The first-order valence-corrected chi connectivity index (χ1v) is 5.97. The second-order valence-electron chi connectivity index (χ2n) is 4.70. The number of nitrogens with two attached hydrogens (primary N) is 1. The van der Waals surface area contributed by atoms with E-state index < -0.39 is 5.54 Å². The third kappa shape index (κ3) is 2.26. The number of carbonyl (C=O) groups is 1. The van der Waals surface area contributed by atoms with Crippen LogP contribution in [0.15, 0.2) is 18.2 Å². The van der Waals surface area contributed by atoms with Gasteiger partial charge < -0.3 is 20.9 Å². The van der Waals surface area contributed by atoms with E-state index in [4.69, 9.17) is 10.5 Å². The lowest BCUT2D eigenvalue weighted by atomic mass is 9.77. The second-order valence-corrected chi connectivity index (χ2v) is 4.70. The van der Waals surface area contributed by atoms with E-state index >= 15 is 0 Å². The molecular weight excluding hydrogens is 232 g/mol. The lowest BCUT2D eigenvalue weighted by molar-refractivity contribution is 0.0641. The van der Waals surface area contributed by atoms with E-state index in [2.05, 4.69) is 5.32 Å². The van der Waals surface area contributed by atoms with Crippen molar-refractivity contribution in [3.8, 4) is 5.75 Å². The van der Waals surface area contributed by atoms with Gasteiger partial charge in [-0.1, -0.05) is 0 Å². The minimum absolute atomic E-state index is 0.0230. The van der Waals surface area contributed by atoms with E-state index in [1.54, 1.807) is 18.2 Å². The fourth-order valence-corrected chi connectivity index (χ4v) is 2.09. The number of aliphatic hydroxyl groups excluding tert-OH is 1. The second kappa shape index (κ2) is 4.86. The van der Waals surface area contributed by atoms with Crippen molar-refractivity contribution in [1.29, 1.82) is 0 Å². The number of benzene rings is 1. The minimum atomic E-state index is -0.439. The third-order valence-electron chi connectivity index (χ3n) is 3.49. The summed E-state index contributed by atoms with van der Waals surface area (Å²) in [6.45, 7) is -0.0230. The Balaban J connectivity index is 2.13. The Morgan fingerprint density at radius 3 is 2.78 bits per heavy atom. The highest BCUT2D eigenvalue weighted by molar-refractivity contribution is 5.95. The highest BCUT2D eigenvalue weighted by atomic mass is 16.5. The molecule has 98 valence electrons. The molecule has 18 heavy (non-hydrogen) atoms. The molecule has 5 heteroatoms. The maximum atomic E-state index is 12.1. The molecule has 1 aromatic carbocycles. The van der Waals surface area contributed by atoms with E-state index in [1.807, 2.05) is 0 Å². The van der Waals surface area contributed by atoms with Crippen LogP contribution in [0.5, 0.6) is 5.75 Å². The van der Waals surface area contributed by atoms with Crippen LogP contribution in [0, 0.1) is 0 Å². The van der Waals surface area contributed by atoms with Crippen LogP contribution in [-0.2, 0) is 0 Å². The number of rotatable bonds is 4. The molecule has 0 aromatic heterocycles. The molecule has 1 amide bonds. The molecule has 1 fully saturated rings. The molecule has 1 aromatic rings. The van der Waals surface area contributed by atoms with E-state index in [0.29, 0.717) is 17.0 Å². The number of nitrogens with one attached hydrogen (secondary N) is 1. The summed E-state index contributed by atoms with van der Waals surface area (Å²) in [6.07, 6.45) is 2.68. The van der Waals surface area contributed by atoms with Gasteiger partial charge in [0.05, 0.1) is 24.9 Å². The number of ether oxygens (including phenoxy) is 1. The van der Waals surface area contributed by atoms with Gasteiger partial charge in [0.25, 0.3) is 5.91 Å². The average Bonchev–Trinajstić information content (AvgIpc) is 2.34. The molecule has 0 spiro atoms. The minimum Gasteiger partial charge on any atom is -0.495 e. The number of nitrogen functional groups attached to an aromatic ring is 1. The number of hydrogen-bond acceptors (Lipinski definition) is 4. The Morgan fingerprint density at radius 1 is 1.56 bits per heavy atom. The van der Waals surface area contributed by atoms with Crippen LogP contribution in [0.2, 0.25) is 0 Å². The maximum absolute atomic E-state index is 12.1. The summed E-state index contributed by atoms with van der Waals surface area (Å²) >= 11 is 0. The number of aliphatic hydroxyl groups is 1. The molecule has 2 rings (SSSR count). The monoisotopic (exact) mass is 250 g/mol. The normalized spacial score (nSPS) is 16.8. The molecule has 0 radical (unpaired) electrons. The Labute approximate surface area is 106 Å². The van der Waals surface area contributed by atoms with Crippen molar-refractivity contribution >= 4 is 11.6 Å². The van der Waals surface area contributed by atoms with Crippen LogP contribution in [0.25, 0.3) is 0 Å². The molecule has 0 atom stereocenters. The van der Waals surface area contributed by atoms with Crippen LogP contribution < -0.4 is 15.8 Å². The van der Waals surface area contributed by atoms with Gasteiger partial charge in [0, 0.05) is 5.56 Å². The number of methoxy groups -OCH3 is 1. The highest BCUT2D eigenvalue weighted by Gasteiger charge is 2.37. The lowest BCUT2D eigenvalue weighted by Gasteiger charge is -2.40. The standard InChI is InChI=1S/C13H18N2O3/c1-18-11-7-9(3-4-10(11)14)12(17)15-13(8-16)5-2-6-13/h3-4,7,16H,2,5-6,8,14H2,1H3,(H,15,17). The SMILES string of the molecule is COc1cc(C(=O)NC2(CO)CCC2)ccc1N. The zero-order valence-electron chi connectivity index (χ0n) is 10.4. The zero-order valence-corrected chi connectivity index (χ0v) is 10.4. The van der Waals surface area contributed by atoms with Crippen LogP contribution in [0.1, 0.15) is 29.6 Å². The van der Waals surface area contributed by atoms with Gasteiger partial charge in [-0.15, -0.1) is 0 Å². The third-order valence-corrected chi connectivity index (χ3v) is 3.49. The summed E-state index contributed by atoms with van der Waals surface area (Å²) in [5.74, 6) is 0.274. The Kier molecular flexibility index (Phi) is 3.43. The van der Waals surface area contributed by atoms with Crippen LogP contribution >= 0.6 is 0 Å². The van der Waals surface area contributed by atoms with Crippen molar-refractivity contribution in [2.75, 3.05) is 19.5 Å². The van der Waals surface area contributed by atoms with Crippen LogP contribution in [0.3, 0.4) is 0 Å². The smallest absolute Gasteiger partial charge is 0.251 e. The topological polar surface area (TPSA) is 84.6 Å². The number of amides is 1. The van der Waals surface area contributed by atoms with Crippen molar-refractivity contribution in [3.05, 3.63) is 23.8 Å². The molecular formula is C13H18N2O3. The van der Waals surface area contributed by atoms with Gasteiger partial charge in [0.1, 0.15) is 5.75 Å². The Hall–Kier alpha value is -1.75. The largest absolute Gasteiger partial charge is 0.495 e. The average molecular weight is 250 g/mol. The van der Waals surface area contributed by atoms with Crippen molar-refractivity contribution in [3.63, 3.8) is 0 Å². The van der Waals surface area contributed by atoms with Crippen LogP contribution in [0.4, 0.5) is 5.69 Å². The summed E-state index contributed by atoms with van der Waals surface area (Å²) in [5, 5.41) is 12.2. The molecule has 0 unspecified atom stereocenters. The number of hydrogen-bond donors (Lipinski definition) is 3. The predicted octanol–water partition coefficient (Wildman–Crippen LogP) is 0.922. The molecule has 1 saturated carbocycles. The van der Waals surface area contributed by atoms with E-state index in [-0.39, 0.29) is 12.5 Å². The lowest BCUT2D eigenvalue weighted by Crippen LogP contribution is -2.56. The van der Waals surface area contributed by atoms with E-state index in [9.17, 15) is 9.90 Å². The quantitative estimate of drug-likeness (QED) is 0.694. The van der Waals surface area contributed by atoms with Crippen molar-refractivity contribution in [2.45, 2.75) is 24.8 Å². The van der Waals surface area contributed by atoms with Gasteiger partial charge in [-0.25, -0.2) is 0 Å². The van der Waals surface area contributed by atoms with Crippen molar-refractivity contribution in [2.24, 2.45) is 0 Å². The molecule has 0 bridgehead atoms. The van der Waals surface area contributed by atoms with Crippen molar-refractivity contribution in [1.82, 2.24) is 5.32 Å². The summed E-state index contributed by atoms with van der Waals surface area (Å²) in [7, 11) is 1.51.